The molecule has 0 fully saturated rings. The van der Waals surface area contributed by atoms with Crippen LogP contribution in [0.25, 0.3) is 0 Å². The largest absolute Gasteiger partial charge is 0.465 e. The van der Waals surface area contributed by atoms with Crippen molar-refractivity contribution in [1.29, 1.82) is 0 Å². The number of rotatable bonds is 32. The number of hydrogen-bond acceptors (Lipinski definition) is 4. The van der Waals surface area contributed by atoms with Gasteiger partial charge in [-0.3, -0.25) is 9.59 Å². The summed E-state index contributed by atoms with van der Waals surface area (Å²) in [5.41, 5.74) is 0. The summed E-state index contributed by atoms with van der Waals surface area (Å²) in [6.45, 7) is 7.55. The maximum absolute atomic E-state index is 12.8. The fourth-order valence-corrected chi connectivity index (χ4v) is 5.36. The first kappa shape index (κ1) is 38.9. The zero-order valence-corrected chi connectivity index (χ0v) is 27.4. The Morgan fingerprint density at radius 1 is 0.375 bits per heavy atom. The summed E-state index contributed by atoms with van der Waals surface area (Å²) in [5, 5.41) is 0. The number of carbonyl (C=O) groups is 2. The van der Waals surface area contributed by atoms with Crippen molar-refractivity contribution in [3.8, 4) is 0 Å². The van der Waals surface area contributed by atoms with Crippen LogP contribution in [0.2, 0.25) is 0 Å². The Labute approximate surface area is 250 Å². The van der Waals surface area contributed by atoms with Crippen LogP contribution in [0.5, 0.6) is 0 Å². The lowest BCUT2D eigenvalue weighted by atomic mass is 9.99. The van der Waals surface area contributed by atoms with Gasteiger partial charge in [-0.05, 0) is 19.3 Å². The summed E-state index contributed by atoms with van der Waals surface area (Å²) < 4.78 is 11.1. The lowest BCUT2D eigenvalue weighted by Crippen LogP contribution is -2.28. The molecule has 0 radical (unpaired) electrons. The molecule has 238 valence electrons. The van der Waals surface area contributed by atoms with Crippen LogP contribution in [0.3, 0.4) is 0 Å². The van der Waals surface area contributed by atoms with Gasteiger partial charge < -0.3 is 9.47 Å². The van der Waals surface area contributed by atoms with Crippen molar-refractivity contribution < 1.29 is 19.1 Å². The van der Waals surface area contributed by atoms with E-state index in [4.69, 9.17) is 9.47 Å². The van der Waals surface area contributed by atoms with Crippen molar-refractivity contribution in [2.24, 2.45) is 5.92 Å². The van der Waals surface area contributed by atoms with Gasteiger partial charge in [0.15, 0.2) is 5.92 Å². The Hall–Kier alpha value is -1.06. The Morgan fingerprint density at radius 2 is 0.625 bits per heavy atom. The fourth-order valence-electron chi connectivity index (χ4n) is 5.36. The van der Waals surface area contributed by atoms with Gasteiger partial charge in [0.2, 0.25) is 0 Å². The van der Waals surface area contributed by atoms with Crippen LogP contribution in [-0.4, -0.2) is 25.2 Å². The molecule has 0 aromatic heterocycles. The molecule has 0 rings (SSSR count). The van der Waals surface area contributed by atoms with Crippen molar-refractivity contribution in [2.45, 2.75) is 201 Å². The van der Waals surface area contributed by atoms with Crippen molar-refractivity contribution >= 4 is 11.9 Å². The first-order valence-electron chi connectivity index (χ1n) is 18.0. The second-order valence-corrected chi connectivity index (χ2v) is 12.2. The quantitative estimate of drug-likeness (QED) is 0.0461. The average Bonchev–Trinajstić information content (AvgIpc) is 2.95. The van der Waals surface area contributed by atoms with Crippen molar-refractivity contribution in [3.05, 3.63) is 0 Å². The Balaban J connectivity index is 4.10. The van der Waals surface area contributed by atoms with Gasteiger partial charge >= 0.3 is 11.9 Å². The number of hydrogen-bond donors (Lipinski definition) is 0. The molecule has 0 aliphatic carbocycles. The zero-order chi connectivity index (χ0) is 29.4. The van der Waals surface area contributed by atoms with E-state index in [1.807, 2.05) is 0 Å². The summed E-state index contributed by atoms with van der Waals surface area (Å²) in [6, 6.07) is 0. The molecule has 0 aromatic carbocycles. The van der Waals surface area contributed by atoms with Crippen molar-refractivity contribution in [1.82, 2.24) is 0 Å². The molecule has 0 atom stereocenters. The Bertz CT molecular complexity index is 503. The number of unbranched alkanes of at least 4 members (excludes halogenated alkanes) is 24. The Kier molecular flexibility index (Phi) is 31.6. The predicted octanol–water partition coefficient (Wildman–Crippen LogP) is 11.7. The van der Waals surface area contributed by atoms with Crippen LogP contribution >= 0.6 is 0 Å². The van der Waals surface area contributed by atoms with Crippen molar-refractivity contribution in [3.63, 3.8) is 0 Å². The van der Waals surface area contributed by atoms with E-state index in [0.717, 1.165) is 38.5 Å². The minimum absolute atomic E-state index is 0.369. The Morgan fingerprint density at radius 3 is 0.925 bits per heavy atom. The molecule has 0 saturated carbocycles. The summed E-state index contributed by atoms with van der Waals surface area (Å²) in [5.74, 6) is -1.49. The molecule has 0 unspecified atom stereocenters. The topological polar surface area (TPSA) is 52.6 Å². The molecule has 0 spiro atoms. The smallest absolute Gasteiger partial charge is 0.320 e. The highest BCUT2D eigenvalue weighted by Crippen LogP contribution is 2.18. The normalized spacial score (nSPS) is 11.3. The third kappa shape index (κ3) is 27.1. The minimum atomic E-state index is -0.748. The van der Waals surface area contributed by atoms with Crippen molar-refractivity contribution in [2.75, 3.05) is 13.2 Å². The molecule has 4 nitrogen and oxygen atoms in total. The molecule has 0 heterocycles. The second-order valence-electron chi connectivity index (χ2n) is 12.2. The second kappa shape index (κ2) is 32.5. The predicted molar refractivity (Wildman–Crippen MR) is 172 cm³/mol. The SMILES string of the molecule is CCCCCCCCCCCCCCCCCC(C(=O)OCCCCCCCC)C(=O)OCCCCCCCC. The summed E-state index contributed by atoms with van der Waals surface area (Å²) in [6.07, 6.45) is 34.0. The highest BCUT2D eigenvalue weighted by atomic mass is 16.6. The molecular weight excluding hydrogens is 496 g/mol. The van der Waals surface area contributed by atoms with Gasteiger partial charge in [0.05, 0.1) is 13.2 Å². The van der Waals surface area contributed by atoms with E-state index in [2.05, 4.69) is 20.8 Å². The maximum atomic E-state index is 12.8. The van der Waals surface area contributed by atoms with Gasteiger partial charge in [-0.2, -0.15) is 0 Å². The van der Waals surface area contributed by atoms with Crippen LogP contribution in [-0.2, 0) is 19.1 Å². The van der Waals surface area contributed by atoms with E-state index in [0.29, 0.717) is 19.6 Å². The summed E-state index contributed by atoms with van der Waals surface area (Å²) >= 11 is 0. The number of carbonyl (C=O) groups excluding carboxylic acids is 2. The van der Waals surface area contributed by atoms with E-state index in [1.165, 1.54) is 135 Å². The average molecular weight is 567 g/mol. The van der Waals surface area contributed by atoms with Gasteiger partial charge in [-0.15, -0.1) is 0 Å². The van der Waals surface area contributed by atoms with Gasteiger partial charge in [-0.1, -0.05) is 181 Å². The highest BCUT2D eigenvalue weighted by Gasteiger charge is 2.29. The van der Waals surface area contributed by atoms with Crippen LogP contribution in [0.15, 0.2) is 0 Å². The molecule has 0 amide bonds. The van der Waals surface area contributed by atoms with E-state index in [1.54, 1.807) is 0 Å². The van der Waals surface area contributed by atoms with Crippen LogP contribution in [0.1, 0.15) is 201 Å². The lowest BCUT2D eigenvalue weighted by molar-refractivity contribution is -0.162. The minimum Gasteiger partial charge on any atom is -0.465 e. The van der Waals surface area contributed by atoms with E-state index in [9.17, 15) is 9.59 Å². The molecule has 40 heavy (non-hydrogen) atoms. The maximum Gasteiger partial charge on any atom is 0.320 e. The molecule has 0 aliphatic rings. The molecular formula is C36H70O4. The van der Waals surface area contributed by atoms with Crippen LogP contribution in [0.4, 0.5) is 0 Å². The van der Waals surface area contributed by atoms with E-state index >= 15 is 0 Å². The standard InChI is InChI=1S/C36H70O4/c1-4-7-10-13-16-17-18-19-20-21-22-23-24-25-28-31-34(35(37)39-32-29-26-14-11-8-5-2)36(38)40-33-30-27-15-12-9-6-3/h34H,4-33H2,1-3H3. The van der Waals surface area contributed by atoms with E-state index in [-0.39, 0.29) is 11.9 Å². The van der Waals surface area contributed by atoms with Gasteiger partial charge in [0, 0.05) is 0 Å². The lowest BCUT2D eigenvalue weighted by Gasteiger charge is -2.15. The third-order valence-corrected chi connectivity index (χ3v) is 8.15. The third-order valence-electron chi connectivity index (χ3n) is 8.15. The number of ether oxygens (including phenoxy) is 2. The monoisotopic (exact) mass is 567 g/mol. The van der Waals surface area contributed by atoms with Gasteiger partial charge in [-0.25, -0.2) is 0 Å². The van der Waals surface area contributed by atoms with Crippen LogP contribution < -0.4 is 0 Å². The summed E-state index contributed by atoms with van der Waals surface area (Å²) in [4.78, 5) is 25.6. The zero-order valence-electron chi connectivity index (χ0n) is 27.4. The molecule has 0 aliphatic heterocycles. The van der Waals surface area contributed by atoms with Crippen LogP contribution in [0, 0.1) is 5.92 Å². The molecule has 0 N–H and O–H groups in total. The molecule has 0 saturated heterocycles. The first-order chi connectivity index (χ1) is 19.7. The number of esters is 2. The van der Waals surface area contributed by atoms with Gasteiger partial charge in [0.1, 0.15) is 0 Å². The molecule has 4 heteroatoms. The summed E-state index contributed by atoms with van der Waals surface area (Å²) in [7, 11) is 0. The highest BCUT2D eigenvalue weighted by molar-refractivity contribution is 5.94. The van der Waals surface area contributed by atoms with Gasteiger partial charge in [0.25, 0.3) is 0 Å². The molecule has 0 aromatic rings. The first-order valence-corrected chi connectivity index (χ1v) is 18.0. The van der Waals surface area contributed by atoms with E-state index < -0.39 is 5.92 Å². The fraction of sp³-hybridized carbons (Fsp3) is 0.944. The molecule has 0 bridgehead atoms.